The zero-order valence-electron chi connectivity index (χ0n) is 19.9. The van der Waals surface area contributed by atoms with Gasteiger partial charge in [0.1, 0.15) is 5.75 Å². The van der Waals surface area contributed by atoms with Gasteiger partial charge in [-0.25, -0.2) is 0 Å². The summed E-state index contributed by atoms with van der Waals surface area (Å²) in [6, 6.07) is 23.7. The normalized spacial score (nSPS) is 22.8. The lowest BCUT2D eigenvalue weighted by molar-refractivity contribution is 0.0751. The summed E-state index contributed by atoms with van der Waals surface area (Å²) in [4.78, 5) is 7.82. The predicted octanol–water partition coefficient (Wildman–Crippen LogP) is 5.42. The van der Waals surface area contributed by atoms with Crippen molar-refractivity contribution >= 4 is 0 Å². The zero-order valence-corrected chi connectivity index (χ0v) is 19.9. The molecular weight excluding hydrogens is 406 g/mol. The van der Waals surface area contributed by atoms with Crippen LogP contribution in [0.1, 0.15) is 43.5 Å². The molecule has 5 rings (SSSR count). The summed E-state index contributed by atoms with van der Waals surface area (Å²) in [6.45, 7) is 10.2. The predicted molar refractivity (Wildman–Crippen MR) is 134 cm³/mol. The molecule has 1 fully saturated rings. The minimum absolute atomic E-state index is 0.167. The summed E-state index contributed by atoms with van der Waals surface area (Å²) >= 11 is 0. The molecule has 4 nitrogen and oxygen atoms in total. The molecule has 2 aromatic carbocycles. The highest BCUT2D eigenvalue weighted by atomic mass is 16.5. The zero-order chi connectivity index (χ0) is 22.7. The molecule has 1 saturated heterocycles. The Labute approximate surface area is 198 Å². The van der Waals surface area contributed by atoms with Crippen LogP contribution in [0.5, 0.6) is 5.75 Å². The molecule has 0 radical (unpaired) electrons. The highest BCUT2D eigenvalue weighted by Gasteiger charge is 2.46. The molecule has 3 heterocycles. The Morgan fingerprint density at radius 3 is 2.67 bits per heavy atom. The molecule has 0 amide bonds. The van der Waals surface area contributed by atoms with Crippen LogP contribution >= 0.6 is 0 Å². The number of likely N-dealkylation sites (tertiary alicyclic amines) is 1. The molecule has 0 bridgehead atoms. The molecule has 1 N–H and O–H groups in total. The third-order valence-corrected chi connectivity index (χ3v) is 7.58. The van der Waals surface area contributed by atoms with Gasteiger partial charge in [0.15, 0.2) is 0 Å². The number of hydrogen-bond donors (Lipinski definition) is 1. The van der Waals surface area contributed by atoms with Gasteiger partial charge in [-0.05, 0) is 55.1 Å². The molecule has 2 atom stereocenters. The minimum atomic E-state index is 0.167. The third-order valence-electron chi connectivity index (χ3n) is 7.58. The Morgan fingerprint density at radius 2 is 1.85 bits per heavy atom. The van der Waals surface area contributed by atoms with Crippen LogP contribution < -0.4 is 10.1 Å². The van der Waals surface area contributed by atoms with Gasteiger partial charge in [0.25, 0.3) is 0 Å². The molecule has 0 aliphatic carbocycles. The highest BCUT2D eigenvalue weighted by Crippen LogP contribution is 2.45. The van der Waals surface area contributed by atoms with Gasteiger partial charge in [-0.3, -0.25) is 9.88 Å². The van der Waals surface area contributed by atoms with Gasteiger partial charge >= 0.3 is 0 Å². The number of hydrogen-bond acceptors (Lipinski definition) is 4. The third kappa shape index (κ3) is 4.30. The van der Waals surface area contributed by atoms with E-state index in [1.54, 1.807) is 0 Å². The van der Waals surface area contributed by atoms with Crippen molar-refractivity contribution in [3.05, 3.63) is 83.6 Å². The summed E-state index contributed by atoms with van der Waals surface area (Å²) < 4.78 is 5.88. The molecule has 3 aromatic rings. The van der Waals surface area contributed by atoms with Crippen molar-refractivity contribution in [1.82, 2.24) is 15.2 Å². The maximum Gasteiger partial charge on any atom is 0.128 e. The number of fused-ring (bicyclic) bond motifs is 2. The van der Waals surface area contributed by atoms with E-state index >= 15 is 0 Å². The minimum Gasteiger partial charge on any atom is -0.493 e. The van der Waals surface area contributed by atoms with Crippen LogP contribution in [-0.2, 0) is 18.5 Å². The smallest absolute Gasteiger partial charge is 0.128 e. The molecule has 1 spiro atoms. The highest BCUT2D eigenvalue weighted by molar-refractivity contribution is 5.67. The van der Waals surface area contributed by atoms with Crippen molar-refractivity contribution in [1.29, 1.82) is 0 Å². The van der Waals surface area contributed by atoms with Crippen molar-refractivity contribution in [2.24, 2.45) is 5.92 Å². The molecule has 1 aromatic heterocycles. The molecular formula is C29H35N3O. The lowest BCUT2D eigenvalue weighted by Crippen LogP contribution is -2.56. The molecule has 0 unspecified atom stereocenters. The summed E-state index contributed by atoms with van der Waals surface area (Å²) in [5, 5.41) is 3.74. The van der Waals surface area contributed by atoms with E-state index in [1.807, 2.05) is 19.1 Å². The first-order valence-electron chi connectivity index (χ1n) is 12.4. The Kier molecular flexibility index (Phi) is 6.48. The quantitative estimate of drug-likeness (QED) is 0.554. The number of para-hydroxylation sites is 1. The van der Waals surface area contributed by atoms with Gasteiger partial charge < -0.3 is 10.1 Å². The van der Waals surface area contributed by atoms with Crippen LogP contribution in [0.15, 0.2) is 66.7 Å². The van der Waals surface area contributed by atoms with Crippen molar-refractivity contribution in [3.8, 4) is 17.0 Å². The van der Waals surface area contributed by atoms with Crippen molar-refractivity contribution in [3.63, 3.8) is 0 Å². The van der Waals surface area contributed by atoms with Gasteiger partial charge in [-0.1, -0.05) is 61.9 Å². The number of piperidine rings is 1. The number of aromatic nitrogens is 1. The second-order valence-corrected chi connectivity index (χ2v) is 9.46. The van der Waals surface area contributed by atoms with Gasteiger partial charge in [-0.15, -0.1) is 0 Å². The lowest BCUT2D eigenvalue weighted by Gasteiger charge is -2.50. The first kappa shape index (κ1) is 22.1. The fourth-order valence-electron chi connectivity index (χ4n) is 5.93. The van der Waals surface area contributed by atoms with E-state index < -0.39 is 0 Å². The van der Waals surface area contributed by atoms with E-state index in [4.69, 9.17) is 9.72 Å². The standard InChI is InChI=1S/C29H35N3O/c1-3-23-20-32(19-22-10-6-5-7-11-22)17-16-29(23)21-30-18-27-25(29)14-15-26(31-27)24-12-8-9-13-28(24)33-4-2/h5-15,23,30H,3-4,16-21H2,1-2H3/t23-,29+/m1/s1. The first-order valence-corrected chi connectivity index (χ1v) is 12.4. The maximum absolute atomic E-state index is 5.88. The first-order chi connectivity index (χ1) is 16.2. The fraction of sp³-hybridized carbons (Fsp3) is 0.414. The van der Waals surface area contributed by atoms with E-state index in [-0.39, 0.29) is 5.41 Å². The summed E-state index contributed by atoms with van der Waals surface area (Å²) in [7, 11) is 0. The Morgan fingerprint density at radius 1 is 1.03 bits per heavy atom. The fourth-order valence-corrected chi connectivity index (χ4v) is 5.93. The van der Waals surface area contributed by atoms with Gasteiger partial charge in [0.05, 0.1) is 18.0 Å². The number of rotatable bonds is 6. The van der Waals surface area contributed by atoms with Crippen molar-refractivity contribution in [2.45, 2.75) is 45.2 Å². The van der Waals surface area contributed by atoms with E-state index in [1.165, 1.54) is 29.7 Å². The van der Waals surface area contributed by atoms with Crippen LogP contribution in [-0.4, -0.2) is 36.1 Å². The average molecular weight is 442 g/mol. The maximum atomic E-state index is 5.88. The van der Waals surface area contributed by atoms with Crippen molar-refractivity contribution < 1.29 is 4.74 Å². The SMILES string of the molecule is CCOc1ccccc1-c1ccc2c(n1)CNC[C@]21CCN(Cc2ccccc2)C[C@H]1CC. The largest absolute Gasteiger partial charge is 0.493 e. The number of nitrogens with zero attached hydrogens (tertiary/aromatic N) is 2. The van der Waals surface area contributed by atoms with E-state index in [0.29, 0.717) is 12.5 Å². The summed E-state index contributed by atoms with van der Waals surface area (Å²) in [6.07, 6.45) is 2.36. The summed E-state index contributed by atoms with van der Waals surface area (Å²) in [5.74, 6) is 1.52. The molecule has 172 valence electrons. The Balaban J connectivity index is 1.43. The van der Waals surface area contributed by atoms with Crippen molar-refractivity contribution in [2.75, 3.05) is 26.2 Å². The molecule has 4 heteroatoms. The Bertz CT molecular complexity index is 1080. The van der Waals surface area contributed by atoms with E-state index in [9.17, 15) is 0 Å². The van der Waals surface area contributed by atoms with E-state index in [0.717, 1.165) is 49.7 Å². The average Bonchev–Trinajstić information content (AvgIpc) is 2.86. The number of nitrogens with one attached hydrogen (secondary N) is 1. The molecule has 0 saturated carbocycles. The molecule has 2 aliphatic rings. The van der Waals surface area contributed by atoms with Crippen LogP contribution in [0.3, 0.4) is 0 Å². The second-order valence-electron chi connectivity index (χ2n) is 9.46. The topological polar surface area (TPSA) is 37.4 Å². The second kappa shape index (κ2) is 9.66. The van der Waals surface area contributed by atoms with Crippen LogP contribution in [0.25, 0.3) is 11.3 Å². The van der Waals surface area contributed by atoms with E-state index in [2.05, 4.69) is 71.7 Å². The van der Waals surface area contributed by atoms with Gasteiger partial charge in [-0.2, -0.15) is 0 Å². The monoisotopic (exact) mass is 441 g/mol. The van der Waals surface area contributed by atoms with Crippen LogP contribution in [0, 0.1) is 5.92 Å². The van der Waals surface area contributed by atoms with Crippen LogP contribution in [0.2, 0.25) is 0 Å². The Hall–Kier alpha value is -2.69. The summed E-state index contributed by atoms with van der Waals surface area (Å²) in [5.41, 5.74) is 6.33. The van der Waals surface area contributed by atoms with Crippen LogP contribution in [0.4, 0.5) is 0 Å². The number of ether oxygens (including phenoxy) is 1. The number of pyridine rings is 1. The number of benzene rings is 2. The molecule has 2 aliphatic heterocycles. The lowest BCUT2D eigenvalue weighted by atomic mass is 9.63. The molecule has 33 heavy (non-hydrogen) atoms. The van der Waals surface area contributed by atoms with Gasteiger partial charge in [0.2, 0.25) is 0 Å². The van der Waals surface area contributed by atoms with Gasteiger partial charge in [0, 0.05) is 37.2 Å².